The number of benzene rings is 2. The van der Waals surface area contributed by atoms with Gasteiger partial charge in [-0.1, -0.05) is 12.1 Å². The zero-order valence-corrected chi connectivity index (χ0v) is 19.2. The quantitative estimate of drug-likeness (QED) is 0.312. The van der Waals surface area contributed by atoms with Gasteiger partial charge < -0.3 is 14.2 Å². The molecule has 0 aromatic heterocycles. The lowest BCUT2D eigenvalue weighted by atomic mass is 10.1. The monoisotopic (exact) mass is 470 g/mol. The third kappa shape index (κ3) is 8.61. The molecule has 182 valence electrons. The smallest absolute Gasteiger partial charge is 0.338 e. The van der Waals surface area contributed by atoms with Crippen molar-refractivity contribution in [2.45, 2.75) is 45.1 Å². The highest BCUT2D eigenvalue weighted by atomic mass is 17.2. The first kappa shape index (κ1) is 25.4. The molecule has 4 bridgehead atoms. The minimum atomic E-state index is -0.446. The number of ether oxygens (including phenoxy) is 3. The highest BCUT2D eigenvalue weighted by Gasteiger charge is 2.11. The van der Waals surface area contributed by atoms with Gasteiger partial charge in [-0.25, -0.2) is 24.2 Å². The molecule has 8 heteroatoms. The van der Waals surface area contributed by atoms with Crippen molar-refractivity contribution in [1.29, 1.82) is 0 Å². The van der Waals surface area contributed by atoms with Gasteiger partial charge in [-0.15, -0.1) is 0 Å². The Kier molecular flexibility index (Phi) is 10.5. The maximum Gasteiger partial charge on any atom is 0.338 e. The Balaban J connectivity index is 1.51. The zero-order chi connectivity index (χ0) is 24.0. The molecule has 0 fully saturated rings. The van der Waals surface area contributed by atoms with Gasteiger partial charge >= 0.3 is 17.9 Å². The molecule has 6 rings (SSSR count). The van der Waals surface area contributed by atoms with E-state index in [-0.39, 0.29) is 19.2 Å². The van der Waals surface area contributed by atoms with E-state index in [0.717, 1.165) is 24.8 Å². The van der Waals surface area contributed by atoms with E-state index in [2.05, 4.69) is 0 Å². The molecule has 0 spiro atoms. The van der Waals surface area contributed by atoms with Crippen LogP contribution in [0.4, 0.5) is 0 Å². The number of esters is 3. The van der Waals surface area contributed by atoms with Gasteiger partial charge in [-0.3, -0.25) is 0 Å². The van der Waals surface area contributed by atoms with E-state index in [9.17, 15) is 14.4 Å². The van der Waals surface area contributed by atoms with Crippen LogP contribution in [0.2, 0.25) is 0 Å². The lowest BCUT2D eigenvalue weighted by molar-refractivity contribution is -0.304. The fourth-order valence-corrected chi connectivity index (χ4v) is 3.21. The van der Waals surface area contributed by atoms with E-state index in [0.29, 0.717) is 55.8 Å². The molecule has 0 unspecified atom stereocenters. The van der Waals surface area contributed by atoms with Gasteiger partial charge in [0.05, 0.1) is 43.1 Å². The van der Waals surface area contributed by atoms with Crippen LogP contribution in [0.5, 0.6) is 0 Å². The van der Waals surface area contributed by atoms with Crippen LogP contribution < -0.4 is 0 Å². The molecular formula is C26H30O8. The minimum absolute atomic E-state index is 0.268. The van der Waals surface area contributed by atoms with Crippen LogP contribution in [0, 0.1) is 0 Å². The molecule has 0 radical (unpaired) electrons. The fraction of sp³-hybridized carbons (Fsp3) is 0.423. The van der Waals surface area contributed by atoms with Crippen LogP contribution >= 0.6 is 0 Å². The molecule has 8 nitrogen and oxygen atoms in total. The summed E-state index contributed by atoms with van der Waals surface area (Å²) in [5, 5.41) is 0. The first-order chi connectivity index (χ1) is 16.6. The SMILES string of the molecule is O=C1OCCCCCOOCc2ccc(cc2)C(=O)OCCCCCOC(=O)c2ccc1cc2. The van der Waals surface area contributed by atoms with Crippen molar-refractivity contribution in [2.24, 2.45) is 0 Å². The van der Waals surface area contributed by atoms with Crippen molar-refractivity contribution in [3.63, 3.8) is 0 Å². The molecule has 0 N–H and O–H groups in total. The first-order valence-corrected chi connectivity index (χ1v) is 11.6. The zero-order valence-electron chi connectivity index (χ0n) is 19.2. The minimum Gasteiger partial charge on any atom is -0.462 e. The van der Waals surface area contributed by atoms with Crippen LogP contribution in [0.25, 0.3) is 0 Å². The lowest BCUT2D eigenvalue weighted by Crippen LogP contribution is -2.09. The van der Waals surface area contributed by atoms with Crippen molar-refractivity contribution < 1.29 is 38.4 Å². The molecule has 4 heterocycles. The number of hydrogen-bond donors (Lipinski definition) is 0. The van der Waals surface area contributed by atoms with Gasteiger partial charge in [0, 0.05) is 0 Å². The second-order valence-electron chi connectivity index (χ2n) is 7.89. The van der Waals surface area contributed by atoms with Crippen LogP contribution in [-0.2, 0) is 30.6 Å². The third-order valence-electron chi connectivity index (χ3n) is 5.22. The summed E-state index contributed by atoms with van der Waals surface area (Å²) in [4.78, 5) is 46.8. The Morgan fingerprint density at radius 1 is 0.441 bits per heavy atom. The molecule has 4 aliphatic heterocycles. The highest BCUT2D eigenvalue weighted by molar-refractivity contribution is 5.93. The number of hydrogen-bond acceptors (Lipinski definition) is 8. The molecule has 0 aliphatic carbocycles. The lowest BCUT2D eigenvalue weighted by Gasteiger charge is -2.07. The highest BCUT2D eigenvalue weighted by Crippen LogP contribution is 2.11. The molecule has 0 amide bonds. The number of rotatable bonds is 0. The predicted molar refractivity (Wildman–Crippen MR) is 122 cm³/mol. The standard InChI is InChI=1S/C26H30O8/c27-24-21-9-7-20(8-10-21)19-34-33-18-6-2-5-17-32-26(29)23-13-11-22(12-14-23)25(28)31-16-4-1-3-15-30-24/h7-14H,1-6,15-19H2. The van der Waals surface area contributed by atoms with Crippen molar-refractivity contribution in [2.75, 3.05) is 26.4 Å². The maximum absolute atomic E-state index is 12.2. The van der Waals surface area contributed by atoms with E-state index in [1.807, 2.05) is 0 Å². The summed E-state index contributed by atoms with van der Waals surface area (Å²) in [6.07, 6.45) is 4.36. The van der Waals surface area contributed by atoms with Crippen LogP contribution in [0.15, 0.2) is 48.5 Å². The Bertz CT molecular complexity index is 921. The fourth-order valence-electron chi connectivity index (χ4n) is 3.21. The van der Waals surface area contributed by atoms with E-state index < -0.39 is 11.9 Å². The molecule has 0 atom stereocenters. The molecule has 2 aromatic rings. The van der Waals surface area contributed by atoms with E-state index >= 15 is 0 Å². The molecule has 34 heavy (non-hydrogen) atoms. The molecule has 4 aliphatic rings. The largest absolute Gasteiger partial charge is 0.462 e. The summed E-state index contributed by atoms with van der Waals surface area (Å²) in [5.74, 6) is -1.25. The van der Waals surface area contributed by atoms with E-state index in [4.69, 9.17) is 24.0 Å². The average molecular weight is 471 g/mol. The predicted octanol–water partition coefficient (Wildman–Crippen LogP) is 4.66. The van der Waals surface area contributed by atoms with Gasteiger partial charge in [0.15, 0.2) is 0 Å². The van der Waals surface area contributed by atoms with Crippen molar-refractivity contribution in [3.05, 3.63) is 70.8 Å². The topological polar surface area (TPSA) is 97.4 Å². The van der Waals surface area contributed by atoms with Gasteiger partial charge in [0.2, 0.25) is 0 Å². The maximum atomic E-state index is 12.2. The van der Waals surface area contributed by atoms with Crippen LogP contribution in [-0.4, -0.2) is 44.3 Å². The normalized spacial score (nSPS) is 17.9. The Hall–Kier alpha value is -3.23. The number of carbonyl (C=O) groups is 3. The molecule has 0 saturated carbocycles. The van der Waals surface area contributed by atoms with Crippen molar-refractivity contribution >= 4 is 17.9 Å². The summed E-state index contributed by atoms with van der Waals surface area (Å²) in [7, 11) is 0. The molecular weight excluding hydrogens is 440 g/mol. The van der Waals surface area contributed by atoms with Crippen LogP contribution in [0.1, 0.15) is 75.2 Å². The van der Waals surface area contributed by atoms with E-state index in [1.165, 1.54) is 0 Å². The Morgan fingerprint density at radius 2 is 0.824 bits per heavy atom. The third-order valence-corrected chi connectivity index (χ3v) is 5.22. The second kappa shape index (κ2) is 14.1. The van der Waals surface area contributed by atoms with Crippen LogP contribution in [0.3, 0.4) is 0 Å². The molecule has 2 aromatic carbocycles. The summed E-state index contributed by atoms with van der Waals surface area (Å²) in [6, 6.07) is 13.2. The van der Waals surface area contributed by atoms with Gasteiger partial charge in [-0.05, 0) is 80.5 Å². The summed E-state index contributed by atoms with van der Waals surface area (Å²) in [6.45, 7) is 1.57. The summed E-state index contributed by atoms with van der Waals surface area (Å²) < 4.78 is 15.8. The first-order valence-electron chi connectivity index (χ1n) is 11.6. The molecule has 0 saturated heterocycles. The average Bonchev–Trinajstić information content (AvgIpc) is 2.86. The summed E-state index contributed by atoms with van der Waals surface area (Å²) >= 11 is 0. The van der Waals surface area contributed by atoms with Gasteiger partial charge in [-0.2, -0.15) is 0 Å². The van der Waals surface area contributed by atoms with Gasteiger partial charge in [0.1, 0.15) is 6.61 Å². The second-order valence-corrected chi connectivity index (χ2v) is 7.89. The van der Waals surface area contributed by atoms with Crippen molar-refractivity contribution in [1.82, 2.24) is 0 Å². The number of carbonyl (C=O) groups excluding carboxylic acids is 3. The van der Waals surface area contributed by atoms with Gasteiger partial charge in [0.25, 0.3) is 0 Å². The Morgan fingerprint density at radius 3 is 1.26 bits per heavy atom. The van der Waals surface area contributed by atoms with E-state index in [1.54, 1.807) is 48.5 Å². The van der Waals surface area contributed by atoms with Crippen molar-refractivity contribution in [3.8, 4) is 0 Å². The Labute approximate surface area is 199 Å². The summed E-state index contributed by atoms with van der Waals surface area (Å²) in [5.41, 5.74) is 2.11.